The summed E-state index contributed by atoms with van der Waals surface area (Å²) in [7, 11) is -3.61. The lowest BCUT2D eigenvalue weighted by Crippen LogP contribution is -2.46. The Labute approximate surface area is 113 Å². The quantitative estimate of drug-likeness (QED) is 0.799. The highest BCUT2D eigenvalue weighted by molar-refractivity contribution is 7.92. The normalized spacial score (nSPS) is 11.4. The highest BCUT2D eigenvalue weighted by atomic mass is 32.2. The van der Waals surface area contributed by atoms with Gasteiger partial charge in [-0.1, -0.05) is 19.9 Å². The number of sulfonamides is 1. The maximum atomic E-state index is 11.7. The van der Waals surface area contributed by atoms with Gasteiger partial charge in [0.15, 0.2) is 5.82 Å². The molecule has 0 atom stereocenters. The van der Waals surface area contributed by atoms with Gasteiger partial charge in [0.1, 0.15) is 0 Å². The van der Waals surface area contributed by atoms with Gasteiger partial charge in [-0.15, -0.1) is 0 Å². The van der Waals surface area contributed by atoms with E-state index in [0.717, 1.165) is 10.7 Å². The zero-order chi connectivity index (χ0) is 14.5. The number of hydrogen-bond acceptors (Lipinski definition) is 4. The Bertz CT molecular complexity index is 514. The number of rotatable bonds is 6. The Morgan fingerprint density at radius 1 is 1.42 bits per heavy atom. The van der Waals surface area contributed by atoms with E-state index in [2.05, 4.69) is 10.4 Å². The van der Waals surface area contributed by atoms with Crippen molar-refractivity contribution < 1.29 is 13.2 Å². The largest absolute Gasteiger partial charge is 0.273 e. The summed E-state index contributed by atoms with van der Waals surface area (Å²) in [5.74, 6) is 0.208. The fourth-order valence-corrected chi connectivity index (χ4v) is 2.09. The Hall–Kier alpha value is -1.63. The fraction of sp³-hybridized carbons (Fsp3) is 0.500. The summed E-state index contributed by atoms with van der Waals surface area (Å²) in [6.07, 6.45) is 3.46. The highest BCUT2D eigenvalue weighted by Gasteiger charge is 2.20. The molecule has 1 amide bonds. The number of amides is 1. The van der Waals surface area contributed by atoms with E-state index in [4.69, 9.17) is 0 Å². The smallest absolute Gasteiger partial charge is 0.251 e. The van der Waals surface area contributed by atoms with Gasteiger partial charge >= 0.3 is 0 Å². The van der Waals surface area contributed by atoms with Gasteiger partial charge in [-0.3, -0.25) is 10.2 Å². The van der Waals surface area contributed by atoms with Gasteiger partial charge in [0.05, 0.1) is 6.26 Å². The van der Waals surface area contributed by atoms with Crippen LogP contribution in [0.1, 0.15) is 26.7 Å². The third-order valence-corrected chi connectivity index (χ3v) is 3.31. The summed E-state index contributed by atoms with van der Waals surface area (Å²) < 4.78 is 24.2. The maximum Gasteiger partial charge on any atom is 0.251 e. The monoisotopic (exact) mass is 285 g/mol. The average Bonchev–Trinajstić information content (AvgIpc) is 2.33. The number of carbonyl (C=O) groups is 1. The van der Waals surface area contributed by atoms with E-state index in [0.29, 0.717) is 12.3 Å². The van der Waals surface area contributed by atoms with Crippen molar-refractivity contribution in [3.63, 3.8) is 0 Å². The van der Waals surface area contributed by atoms with E-state index in [1.807, 2.05) is 13.8 Å². The molecule has 0 fully saturated rings. The number of anilines is 1. The van der Waals surface area contributed by atoms with Crippen LogP contribution in [0.15, 0.2) is 24.4 Å². The first-order valence-electron chi connectivity index (χ1n) is 6.01. The van der Waals surface area contributed by atoms with Crippen LogP contribution in [-0.2, 0) is 14.8 Å². The molecule has 7 heteroatoms. The molecule has 19 heavy (non-hydrogen) atoms. The zero-order valence-corrected chi connectivity index (χ0v) is 12.1. The van der Waals surface area contributed by atoms with Gasteiger partial charge in [-0.2, -0.15) is 4.41 Å². The van der Waals surface area contributed by atoms with Crippen molar-refractivity contribution in [2.75, 3.05) is 10.7 Å². The summed E-state index contributed by atoms with van der Waals surface area (Å²) >= 11 is 0. The predicted octanol–water partition coefficient (Wildman–Crippen LogP) is 1.31. The molecule has 0 aliphatic carbocycles. The van der Waals surface area contributed by atoms with Crippen LogP contribution in [0.5, 0.6) is 0 Å². The third kappa shape index (κ3) is 5.25. The zero-order valence-electron chi connectivity index (χ0n) is 11.3. The molecule has 1 N–H and O–H groups in total. The second-order valence-corrected chi connectivity index (χ2v) is 6.51. The first-order valence-corrected chi connectivity index (χ1v) is 7.86. The van der Waals surface area contributed by atoms with Crippen LogP contribution < -0.4 is 9.84 Å². The molecule has 1 rings (SSSR count). The first-order chi connectivity index (χ1) is 8.80. The molecule has 0 saturated carbocycles. The minimum atomic E-state index is -3.61. The Balaban J connectivity index is 2.81. The topological polar surface area (TPSA) is 79.4 Å². The van der Waals surface area contributed by atoms with Crippen LogP contribution in [0.25, 0.3) is 0 Å². The van der Waals surface area contributed by atoms with Gasteiger partial charge in [-0.25, -0.2) is 13.4 Å². The number of pyridine rings is 1. The Morgan fingerprint density at radius 3 is 2.58 bits per heavy atom. The molecule has 0 bridgehead atoms. The van der Waals surface area contributed by atoms with Crippen LogP contribution in [0.3, 0.4) is 0 Å². The minimum absolute atomic E-state index is 0.169. The van der Waals surface area contributed by atoms with E-state index < -0.39 is 10.0 Å². The average molecular weight is 285 g/mol. The van der Waals surface area contributed by atoms with Crippen molar-refractivity contribution in [1.82, 2.24) is 10.4 Å². The van der Waals surface area contributed by atoms with Crippen LogP contribution in [-0.4, -0.2) is 25.6 Å². The molecule has 1 aromatic rings. The second kappa shape index (κ2) is 6.51. The van der Waals surface area contributed by atoms with Crippen molar-refractivity contribution in [3.05, 3.63) is 24.4 Å². The lowest BCUT2D eigenvalue weighted by molar-refractivity contribution is -0.121. The molecular formula is C12H19N3O3S. The van der Waals surface area contributed by atoms with Crippen LogP contribution in [0, 0.1) is 5.92 Å². The summed E-state index contributed by atoms with van der Waals surface area (Å²) in [5.41, 5.74) is 2.37. The first kappa shape index (κ1) is 15.4. The van der Waals surface area contributed by atoms with E-state index in [1.54, 1.807) is 12.1 Å². The third-order valence-electron chi connectivity index (χ3n) is 2.36. The number of carbonyl (C=O) groups excluding carboxylic acids is 1. The van der Waals surface area contributed by atoms with Gasteiger partial charge in [0, 0.05) is 12.6 Å². The summed E-state index contributed by atoms with van der Waals surface area (Å²) in [4.78, 5) is 15.7. The summed E-state index contributed by atoms with van der Waals surface area (Å²) in [5, 5.41) is 0. The summed E-state index contributed by atoms with van der Waals surface area (Å²) in [6, 6.07) is 4.84. The van der Waals surface area contributed by atoms with Crippen LogP contribution >= 0.6 is 0 Å². The molecule has 0 aromatic carbocycles. The molecule has 6 nitrogen and oxygen atoms in total. The van der Waals surface area contributed by atoms with E-state index in [-0.39, 0.29) is 18.1 Å². The van der Waals surface area contributed by atoms with Crippen LogP contribution in [0.4, 0.5) is 5.82 Å². The Morgan fingerprint density at radius 2 is 2.11 bits per heavy atom. The van der Waals surface area contributed by atoms with Crippen molar-refractivity contribution >= 4 is 21.7 Å². The fourth-order valence-electron chi connectivity index (χ4n) is 1.37. The SMILES string of the molecule is CC(C)CCC(=O)NN(c1ccccn1)S(C)(=O)=O. The number of hydrazine groups is 1. The van der Waals surface area contributed by atoms with E-state index in [9.17, 15) is 13.2 Å². The van der Waals surface area contributed by atoms with Gasteiger partial charge in [0.25, 0.3) is 10.0 Å². The maximum absolute atomic E-state index is 11.7. The molecule has 106 valence electrons. The molecule has 0 saturated heterocycles. The molecule has 0 unspecified atom stereocenters. The number of nitrogens with zero attached hydrogens (tertiary/aromatic N) is 2. The highest BCUT2D eigenvalue weighted by Crippen LogP contribution is 2.11. The van der Waals surface area contributed by atoms with Gasteiger partial charge < -0.3 is 0 Å². The van der Waals surface area contributed by atoms with Crippen molar-refractivity contribution in [3.8, 4) is 0 Å². The van der Waals surface area contributed by atoms with Crippen molar-refractivity contribution in [1.29, 1.82) is 0 Å². The molecular weight excluding hydrogens is 266 g/mol. The number of hydrogen-bond donors (Lipinski definition) is 1. The Kier molecular flexibility index (Phi) is 5.29. The van der Waals surface area contributed by atoms with Crippen molar-refractivity contribution in [2.45, 2.75) is 26.7 Å². The molecule has 0 aliphatic heterocycles. The summed E-state index contributed by atoms with van der Waals surface area (Å²) in [6.45, 7) is 4.00. The van der Waals surface area contributed by atoms with Gasteiger partial charge in [0.2, 0.25) is 5.91 Å². The van der Waals surface area contributed by atoms with Crippen LogP contribution in [0.2, 0.25) is 0 Å². The standard InChI is InChI=1S/C12H19N3O3S/c1-10(2)7-8-12(16)14-15(19(3,17)18)11-6-4-5-9-13-11/h4-6,9-10H,7-8H2,1-3H3,(H,14,16). The molecule has 0 radical (unpaired) electrons. The van der Waals surface area contributed by atoms with E-state index >= 15 is 0 Å². The lowest BCUT2D eigenvalue weighted by Gasteiger charge is -2.21. The van der Waals surface area contributed by atoms with Gasteiger partial charge in [-0.05, 0) is 24.5 Å². The molecule has 0 aliphatic rings. The van der Waals surface area contributed by atoms with Crippen molar-refractivity contribution in [2.24, 2.45) is 5.92 Å². The molecule has 0 spiro atoms. The number of aromatic nitrogens is 1. The lowest BCUT2D eigenvalue weighted by atomic mass is 10.1. The minimum Gasteiger partial charge on any atom is -0.273 e. The molecule has 1 heterocycles. The molecule has 1 aromatic heterocycles. The van der Waals surface area contributed by atoms with E-state index in [1.165, 1.54) is 12.3 Å². The second-order valence-electron chi connectivity index (χ2n) is 4.68. The number of nitrogens with one attached hydrogen (secondary N) is 1. The predicted molar refractivity (Wildman–Crippen MR) is 73.8 cm³/mol.